The normalized spacial score (nSPS) is 22.7. The molecule has 2 heterocycles. The highest BCUT2D eigenvalue weighted by Gasteiger charge is 2.53. The number of hydrogen-bond donors (Lipinski definition) is 2. The van der Waals surface area contributed by atoms with Crippen molar-refractivity contribution in [3.8, 4) is 0 Å². The van der Waals surface area contributed by atoms with E-state index in [1.54, 1.807) is 7.11 Å². The van der Waals surface area contributed by atoms with E-state index < -0.39 is 0 Å². The molecule has 1 spiro atoms. The van der Waals surface area contributed by atoms with E-state index in [9.17, 15) is 4.79 Å². The summed E-state index contributed by atoms with van der Waals surface area (Å²) in [7, 11) is 3.75. The topological polar surface area (TPSA) is 55.3 Å². The van der Waals surface area contributed by atoms with Gasteiger partial charge in [-0.2, -0.15) is 0 Å². The minimum Gasteiger partial charge on any atom is -0.378 e. The van der Waals surface area contributed by atoms with Crippen molar-refractivity contribution in [1.82, 2.24) is 15.2 Å². The summed E-state index contributed by atoms with van der Waals surface area (Å²) in [6, 6.07) is 16.4. The second-order valence-corrected chi connectivity index (χ2v) is 8.27. The lowest BCUT2D eigenvalue weighted by Gasteiger charge is -2.40. The number of methoxy groups -OCH3 is 1. The molecule has 5 nitrogen and oxygen atoms in total. The first kappa shape index (κ1) is 18.4. The SMILES string of the molecule is CO[C@H]1[C@H](NC(=O)c2cn(C)c3ccccc23)c2ccccc2C12CCNCC2. The molecule has 5 heteroatoms. The van der Waals surface area contributed by atoms with Gasteiger partial charge in [0.2, 0.25) is 0 Å². The molecule has 150 valence electrons. The molecular weight excluding hydrogens is 362 g/mol. The molecule has 5 rings (SSSR count). The molecule has 2 atom stereocenters. The molecule has 29 heavy (non-hydrogen) atoms. The Kier molecular flexibility index (Phi) is 4.45. The number of amides is 1. The number of carbonyl (C=O) groups is 1. The fourth-order valence-corrected chi connectivity index (χ4v) is 5.54. The number of fused-ring (bicyclic) bond motifs is 3. The van der Waals surface area contributed by atoms with Gasteiger partial charge < -0.3 is 19.9 Å². The predicted octanol–water partition coefficient (Wildman–Crippen LogP) is 3.30. The summed E-state index contributed by atoms with van der Waals surface area (Å²) in [5.41, 5.74) is 4.24. The van der Waals surface area contributed by atoms with E-state index in [0.717, 1.165) is 36.8 Å². The number of piperidine rings is 1. The van der Waals surface area contributed by atoms with Gasteiger partial charge in [-0.3, -0.25) is 4.79 Å². The first-order chi connectivity index (χ1) is 14.2. The van der Waals surface area contributed by atoms with Crippen molar-refractivity contribution in [2.24, 2.45) is 7.05 Å². The van der Waals surface area contributed by atoms with Crippen LogP contribution in [-0.4, -0.2) is 36.8 Å². The zero-order chi connectivity index (χ0) is 20.0. The molecule has 1 aliphatic heterocycles. The Hall–Kier alpha value is -2.63. The van der Waals surface area contributed by atoms with E-state index in [1.807, 2.05) is 42.1 Å². The molecule has 0 unspecified atom stereocenters. The summed E-state index contributed by atoms with van der Waals surface area (Å²) in [6.07, 6.45) is 3.89. The lowest BCUT2D eigenvalue weighted by Crippen LogP contribution is -2.49. The molecule has 2 aliphatic rings. The Balaban J connectivity index is 1.54. The summed E-state index contributed by atoms with van der Waals surface area (Å²) < 4.78 is 8.09. The second-order valence-electron chi connectivity index (χ2n) is 8.27. The maximum atomic E-state index is 13.4. The van der Waals surface area contributed by atoms with Crippen molar-refractivity contribution >= 4 is 16.8 Å². The Morgan fingerprint density at radius 2 is 1.86 bits per heavy atom. The van der Waals surface area contributed by atoms with Crippen LogP contribution in [0.2, 0.25) is 0 Å². The molecule has 1 saturated heterocycles. The highest BCUT2D eigenvalue weighted by Crippen LogP contribution is 2.51. The fraction of sp³-hybridized carbons (Fsp3) is 0.375. The molecular formula is C24H27N3O2. The molecule has 1 amide bonds. The summed E-state index contributed by atoms with van der Waals surface area (Å²) in [5, 5.41) is 7.78. The number of carbonyl (C=O) groups excluding carboxylic acids is 1. The number of benzene rings is 2. The van der Waals surface area contributed by atoms with Crippen LogP contribution in [0.3, 0.4) is 0 Å². The molecule has 2 N–H and O–H groups in total. The van der Waals surface area contributed by atoms with E-state index in [-0.39, 0.29) is 23.5 Å². The third-order valence-corrected chi connectivity index (χ3v) is 6.86. The third-order valence-electron chi connectivity index (χ3n) is 6.86. The van der Waals surface area contributed by atoms with Gasteiger partial charge in [0.25, 0.3) is 5.91 Å². The van der Waals surface area contributed by atoms with Crippen LogP contribution in [0, 0.1) is 0 Å². The molecule has 0 bridgehead atoms. The van der Waals surface area contributed by atoms with Crippen LogP contribution in [0.4, 0.5) is 0 Å². The number of nitrogens with zero attached hydrogens (tertiary/aromatic N) is 1. The fourth-order valence-electron chi connectivity index (χ4n) is 5.54. The zero-order valence-corrected chi connectivity index (χ0v) is 16.9. The summed E-state index contributed by atoms with van der Waals surface area (Å²) in [4.78, 5) is 13.4. The van der Waals surface area contributed by atoms with Crippen LogP contribution in [0.15, 0.2) is 54.7 Å². The number of rotatable bonds is 3. The highest BCUT2D eigenvalue weighted by molar-refractivity contribution is 6.07. The predicted molar refractivity (Wildman–Crippen MR) is 114 cm³/mol. The van der Waals surface area contributed by atoms with Gasteiger partial charge in [0, 0.05) is 36.7 Å². The number of hydrogen-bond acceptors (Lipinski definition) is 3. The minimum atomic E-state index is -0.152. The maximum absolute atomic E-state index is 13.4. The van der Waals surface area contributed by atoms with Crippen molar-refractivity contribution in [3.05, 3.63) is 71.4 Å². The molecule has 2 aromatic carbocycles. The summed E-state index contributed by atoms with van der Waals surface area (Å²) in [6.45, 7) is 1.94. The second kappa shape index (κ2) is 7.01. The lowest BCUT2D eigenvalue weighted by molar-refractivity contribution is 0.00398. The molecule has 1 fully saturated rings. The van der Waals surface area contributed by atoms with E-state index in [4.69, 9.17) is 4.74 Å². The van der Waals surface area contributed by atoms with Crippen LogP contribution < -0.4 is 10.6 Å². The average molecular weight is 389 g/mol. The summed E-state index contributed by atoms with van der Waals surface area (Å²) >= 11 is 0. The maximum Gasteiger partial charge on any atom is 0.254 e. The van der Waals surface area contributed by atoms with Crippen molar-refractivity contribution in [2.45, 2.75) is 30.4 Å². The highest BCUT2D eigenvalue weighted by atomic mass is 16.5. The van der Waals surface area contributed by atoms with Gasteiger partial charge in [0.15, 0.2) is 0 Å². The number of para-hydroxylation sites is 1. The largest absolute Gasteiger partial charge is 0.378 e. The Labute approximate surface area is 171 Å². The zero-order valence-electron chi connectivity index (χ0n) is 16.9. The molecule has 3 aromatic rings. The monoisotopic (exact) mass is 389 g/mol. The molecule has 0 saturated carbocycles. The smallest absolute Gasteiger partial charge is 0.254 e. The van der Waals surface area contributed by atoms with Gasteiger partial charge in [-0.25, -0.2) is 0 Å². The van der Waals surface area contributed by atoms with Gasteiger partial charge in [-0.05, 0) is 43.1 Å². The van der Waals surface area contributed by atoms with Crippen molar-refractivity contribution in [2.75, 3.05) is 20.2 Å². The van der Waals surface area contributed by atoms with Crippen LogP contribution >= 0.6 is 0 Å². The Bertz CT molecular complexity index is 1060. The van der Waals surface area contributed by atoms with Gasteiger partial charge in [-0.15, -0.1) is 0 Å². The van der Waals surface area contributed by atoms with E-state index in [1.165, 1.54) is 11.1 Å². The minimum absolute atomic E-state index is 0.0466. The van der Waals surface area contributed by atoms with E-state index >= 15 is 0 Å². The number of aromatic nitrogens is 1. The van der Waals surface area contributed by atoms with Crippen LogP contribution in [0.5, 0.6) is 0 Å². The molecule has 1 aromatic heterocycles. The van der Waals surface area contributed by atoms with E-state index in [0.29, 0.717) is 5.56 Å². The Morgan fingerprint density at radius 3 is 2.66 bits per heavy atom. The molecule has 1 aliphatic carbocycles. The molecule has 0 radical (unpaired) electrons. The van der Waals surface area contributed by atoms with E-state index in [2.05, 4.69) is 34.9 Å². The van der Waals surface area contributed by atoms with Gasteiger partial charge >= 0.3 is 0 Å². The third kappa shape index (κ3) is 2.72. The van der Waals surface area contributed by atoms with Crippen LogP contribution in [0.25, 0.3) is 10.9 Å². The van der Waals surface area contributed by atoms with Gasteiger partial charge in [-0.1, -0.05) is 42.5 Å². The number of aryl methyl sites for hydroxylation is 1. The first-order valence-corrected chi connectivity index (χ1v) is 10.3. The van der Waals surface area contributed by atoms with Gasteiger partial charge in [0.05, 0.1) is 17.7 Å². The van der Waals surface area contributed by atoms with Crippen LogP contribution in [0.1, 0.15) is 40.4 Å². The first-order valence-electron chi connectivity index (χ1n) is 10.3. The lowest BCUT2D eigenvalue weighted by atomic mass is 9.72. The quantitative estimate of drug-likeness (QED) is 0.723. The van der Waals surface area contributed by atoms with Crippen molar-refractivity contribution in [3.63, 3.8) is 0 Å². The standard InChI is InChI=1S/C24H27N3O2/c1-27-15-18(16-7-4-6-10-20(16)27)23(28)26-21-17-8-3-5-9-19(17)24(22(21)29-2)11-13-25-14-12-24/h3-10,15,21-22,25H,11-14H2,1-2H3,(H,26,28)/t21-,22+/m1/s1. The van der Waals surface area contributed by atoms with Gasteiger partial charge in [0.1, 0.15) is 0 Å². The summed E-state index contributed by atoms with van der Waals surface area (Å²) in [5.74, 6) is -0.0466. The number of ether oxygens (including phenoxy) is 1. The van der Waals surface area contributed by atoms with Crippen LogP contribution in [-0.2, 0) is 17.2 Å². The average Bonchev–Trinajstić information content (AvgIpc) is 3.22. The number of nitrogens with one attached hydrogen (secondary N) is 2. The Morgan fingerprint density at radius 1 is 1.14 bits per heavy atom. The van der Waals surface area contributed by atoms with Crippen molar-refractivity contribution < 1.29 is 9.53 Å². The van der Waals surface area contributed by atoms with Crippen molar-refractivity contribution in [1.29, 1.82) is 0 Å².